The first kappa shape index (κ1) is 17.4. The molecular weight excluding hydrogens is 335 g/mol. The van der Waals surface area contributed by atoms with Crippen molar-refractivity contribution >= 4 is 5.91 Å². The molecule has 0 bridgehead atoms. The van der Waals surface area contributed by atoms with E-state index < -0.39 is 12.0 Å². The van der Waals surface area contributed by atoms with Crippen molar-refractivity contribution in [2.45, 2.75) is 38.1 Å². The molecule has 0 spiro atoms. The number of carbonyl (C=O) groups excluding carboxylic acids is 1. The molecule has 1 aliphatic rings. The average molecular weight is 353 g/mol. The van der Waals surface area contributed by atoms with E-state index in [2.05, 4.69) is 10.2 Å². The van der Waals surface area contributed by atoms with Crippen LogP contribution in [-0.2, 0) is 30.5 Å². The highest BCUT2D eigenvalue weighted by atomic mass is 19.4. The van der Waals surface area contributed by atoms with Crippen LogP contribution in [0.15, 0.2) is 30.3 Å². The quantitative estimate of drug-likeness (QED) is 0.906. The van der Waals surface area contributed by atoms with Crippen molar-refractivity contribution in [2.75, 3.05) is 6.54 Å². The standard InChI is InChI=1S/C16H18F3N5O/c17-16(18,19)15-22-21-13-10-23(6-7-24(13)15)14(25)9-12(20)8-11-4-2-1-3-5-11/h1-5,12H,6-10,20H2. The van der Waals surface area contributed by atoms with Gasteiger partial charge in [0.05, 0.1) is 6.54 Å². The van der Waals surface area contributed by atoms with Crippen LogP contribution in [0.5, 0.6) is 0 Å². The Hall–Kier alpha value is -2.42. The summed E-state index contributed by atoms with van der Waals surface area (Å²) < 4.78 is 39.5. The zero-order chi connectivity index (χ0) is 18.0. The third-order valence-corrected chi connectivity index (χ3v) is 4.14. The lowest BCUT2D eigenvalue weighted by Gasteiger charge is -2.29. The van der Waals surface area contributed by atoms with Crippen LogP contribution < -0.4 is 5.73 Å². The minimum absolute atomic E-state index is 0.0139. The second-order valence-electron chi connectivity index (χ2n) is 6.06. The van der Waals surface area contributed by atoms with Crippen molar-refractivity contribution in [3.8, 4) is 0 Å². The minimum Gasteiger partial charge on any atom is -0.333 e. The maximum Gasteiger partial charge on any atom is 0.451 e. The summed E-state index contributed by atoms with van der Waals surface area (Å²) in [6, 6.07) is 9.23. The van der Waals surface area contributed by atoms with Crippen molar-refractivity contribution in [1.82, 2.24) is 19.7 Å². The van der Waals surface area contributed by atoms with Gasteiger partial charge in [-0.05, 0) is 12.0 Å². The van der Waals surface area contributed by atoms with Gasteiger partial charge in [-0.2, -0.15) is 13.2 Å². The molecule has 1 aromatic heterocycles. The number of halogens is 3. The van der Waals surface area contributed by atoms with E-state index in [0.717, 1.165) is 10.1 Å². The molecule has 25 heavy (non-hydrogen) atoms. The molecule has 2 N–H and O–H groups in total. The monoisotopic (exact) mass is 353 g/mol. The summed E-state index contributed by atoms with van der Waals surface area (Å²) in [5, 5.41) is 6.78. The highest BCUT2D eigenvalue weighted by Crippen LogP contribution is 2.29. The third kappa shape index (κ3) is 3.98. The molecule has 1 atom stereocenters. The SMILES string of the molecule is NC(CC(=O)N1CCn2c(nnc2C(F)(F)F)C1)Cc1ccccc1. The third-order valence-electron chi connectivity index (χ3n) is 4.14. The van der Waals surface area contributed by atoms with E-state index in [1.807, 2.05) is 30.3 Å². The smallest absolute Gasteiger partial charge is 0.333 e. The van der Waals surface area contributed by atoms with E-state index in [4.69, 9.17) is 5.73 Å². The zero-order valence-corrected chi connectivity index (χ0v) is 13.4. The van der Waals surface area contributed by atoms with Gasteiger partial charge in [0.2, 0.25) is 11.7 Å². The van der Waals surface area contributed by atoms with E-state index in [9.17, 15) is 18.0 Å². The number of rotatable bonds is 4. The molecule has 3 rings (SSSR count). The van der Waals surface area contributed by atoms with E-state index in [-0.39, 0.29) is 43.8 Å². The predicted molar refractivity (Wildman–Crippen MR) is 83.2 cm³/mol. The molecule has 9 heteroatoms. The number of benzene rings is 1. The Kier molecular flexibility index (Phi) is 4.76. The number of alkyl halides is 3. The first-order valence-corrected chi connectivity index (χ1v) is 7.91. The first-order valence-electron chi connectivity index (χ1n) is 7.91. The van der Waals surface area contributed by atoms with E-state index >= 15 is 0 Å². The van der Waals surface area contributed by atoms with Gasteiger partial charge in [-0.15, -0.1) is 10.2 Å². The molecule has 0 saturated heterocycles. The summed E-state index contributed by atoms with van der Waals surface area (Å²) in [6.07, 6.45) is -3.85. The molecule has 1 unspecified atom stereocenters. The van der Waals surface area contributed by atoms with Gasteiger partial charge in [-0.25, -0.2) is 0 Å². The van der Waals surface area contributed by atoms with Gasteiger partial charge < -0.3 is 15.2 Å². The van der Waals surface area contributed by atoms with Crippen molar-refractivity contribution in [1.29, 1.82) is 0 Å². The van der Waals surface area contributed by atoms with Crippen LogP contribution in [0.25, 0.3) is 0 Å². The minimum atomic E-state index is -4.55. The summed E-state index contributed by atoms with van der Waals surface area (Å²) in [5.74, 6) is -1.06. The van der Waals surface area contributed by atoms with Crippen molar-refractivity contribution in [3.63, 3.8) is 0 Å². The number of nitrogens with zero attached hydrogens (tertiary/aromatic N) is 4. The second-order valence-corrected chi connectivity index (χ2v) is 6.06. The molecular formula is C16H18F3N5O. The van der Waals surface area contributed by atoms with Gasteiger partial charge >= 0.3 is 6.18 Å². The Labute approximate surface area is 142 Å². The van der Waals surface area contributed by atoms with Crippen LogP contribution >= 0.6 is 0 Å². The molecule has 2 heterocycles. The number of hydrogen-bond donors (Lipinski definition) is 1. The molecule has 0 saturated carbocycles. The van der Waals surface area contributed by atoms with Gasteiger partial charge in [0.25, 0.3) is 0 Å². The molecule has 2 aromatic rings. The highest BCUT2D eigenvalue weighted by molar-refractivity contribution is 5.76. The maximum atomic E-state index is 12.8. The second kappa shape index (κ2) is 6.83. The Morgan fingerprint density at radius 3 is 2.60 bits per heavy atom. The van der Waals surface area contributed by atoms with Crippen molar-refractivity contribution in [3.05, 3.63) is 47.5 Å². The number of nitrogens with two attached hydrogens (primary N) is 1. The lowest BCUT2D eigenvalue weighted by Crippen LogP contribution is -2.42. The first-order chi connectivity index (χ1) is 11.8. The predicted octanol–water partition coefficient (Wildman–Crippen LogP) is 1.60. The average Bonchev–Trinajstić information content (AvgIpc) is 2.98. The van der Waals surface area contributed by atoms with Gasteiger partial charge in [0.15, 0.2) is 5.82 Å². The molecule has 0 radical (unpaired) electrons. The van der Waals surface area contributed by atoms with Crippen LogP contribution in [-0.4, -0.2) is 38.2 Å². The summed E-state index contributed by atoms with van der Waals surface area (Å²) in [6.45, 7) is 0.224. The fraction of sp³-hybridized carbons (Fsp3) is 0.438. The highest BCUT2D eigenvalue weighted by Gasteiger charge is 2.39. The molecule has 1 aliphatic heterocycles. The normalized spacial score (nSPS) is 15.8. The topological polar surface area (TPSA) is 77.0 Å². The molecule has 0 fully saturated rings. The number of amides is 1. The Bertz CT molecular complexity index is 744. The fourth-order valence-electron chi connectivity index (χ4n) is 2.92. The molecule has 134 valence electrons. The van der Waals surface area contributed by atoms with E-state index in [0.29, 0.717) is 6.42 Å². The largest absolute Gasteiger partial charge is 0.451 e. The van der Waals surface area contributed by atoms with Crippen LogP contribution in [0.1, 0.15) is 23.6 Å². The molecule has 6 nitrogen and oxygen atoms in total. The number of fused-ring (bicyclic) bond motifs is 1. The Morgan fingerprint density at radius 2 is 1.92 bits per heavy atom. The zero-order valence-electron chi connectivity index (χ0n) is 13.4. The van der Waals surface area contributed by atoms with Crippen LogP contribution in [0.3, 0.4) is 0 Å². The van der Waals surface area contributed by atoms with Crippen molar-refractivity contribution in [2.24, 2.45) is 5.73 Å². The van der Waals surface area contributed by atoms with Gasteiger partial charge in [0, 0.05) is 25.6 Å². The molecule has 1 amide bonds. The van der Waals surface area contributed by atoms with Crippen LogP contribution in [0.2, 0.25) is 0 Å². The number of aromatic nitrogens is 3. The Balaban J connectivity index is 1.60. The summed E-state index contributed by atoms with van der Waals surface area (Å²) in [7, 11) is 0. The fourth-order valence-corrected chi connectivity index (χ4v) is 2.92. The van der Waals surface area contributed by atoms with Gasteiger partial charge in [-0.1, -0.05) is 30.3 Å². The van der Waals surface area contributed by atoms with Gasteiger partial charge in [0.1, 0.15) is 0 Å². The summed E-state index contributed by atoms with van der Waals surface area (Å²) >= 11 is 0. The Morgan fingerprint density at radius 1 is 1.20 bits per heavy atom. The molecule has 0 aliphatic carbocycles. The van der Waals surface area contributed by atoms with Crippen LogP contribution in [0, 0.1) is 0 Å². The van der Waals surface area contributed by atoms with E-state index in [1.54, 1.807) is 0 Å². The lowest BCUT2D eigenvalue weighted by atomic mass is 10.0. The lowest BCUT2D eigenvalue weighted by molar-refractivity contribution is -0.148. The number of hydrogen-bond acceptors (Lipinski definition) is 4. The molecule has 1 aromatic carbocycles. The van der Waals surface area contributed by atoms with Crippen LogP contribution in [0.4, 0.5) is 13.2 Å². The van der Waals surface area contributed by atoms with Gasteiger partial charge in [-0.3, -0.25) is 4.79 Å². The number of carbonyl (C=O) groups is 1. The maximum absolute atomic E-state index is 12.8. The van der Waals surface area contributed by atoms with E-state index in [1.165, 1.54) is 4.90 Å². The summed E-state index contributed by atoms with van der Waals surface area (Å²) in [5.41, 5.74) is 7.08. The summed E-state index contributed by atoms with van der Waals surface area (Å²) in [4.78, 5) is 13.9. The van der Waals surface area contributed by atoms with Crippen molar-refractivity contribution < 1.29 is 18.0 Å².